The number of hydrogen-bond acceptors (Lipinski definition) is 4. The van der Waals surface area contributed by atoms with Crippen LogP contribution in [0, 0.1) is 0 Å². The van der Waals surface area contributed by atoms with Crippen LogP contribution in [-0.4, -0.2) is 11.1 Å². The Balaban J connectivity index is 2.13. The van der Waals surface area contributed by atoms with E-state index in [2.05, 4.69) is 24.1 Å². The molecule has 0 aliphatic carbocycles. The number of nitrogens with one attached hydrogen (secondary N) is 1. The van der Waals surface area contributed by atoms with Gasteiger partial charge in [0, 0.05) is 18.0 Å². The molecular weight excluding hydrogens is 238 g/mol. The van der Waals surface area contributed by atoms with E-state index in [-0.39, 0.29) is 6.10 Å². The number of nitrogens with zero attached hydrogens (tertiary/aromatic N) is 1. The highest BCUT2D eigenvalue weighted by Gasteiger charge is 2.03. The van der Waals surface area contributed by atoms with Crippen LogP contribution in [0.3, 0.4) is 0 Å². The molecule has 1 atom stereocenters. The van der Waals surface area contributed by atoms with Gasteiger partial charge in [-0.15, -0.1) is 0 Å². The molecule has 19 heavy (non-hydrogen) atoms. The maximum Gasteiger partial charge on any atom is 0.121 e. The third-order valence-corrected chi connectivity index (χ3v) is 2.88. The molecule has 1 heterocycles. The fourth-order valence-corrected chi connectivity index (χ4v) is 1.64. The average Bonchev–Trinajstić information content (AvgIpc) is 2.42. The summed E-state index contributed by atoms with van der Waals surface area (Å²) in [5, 5.41) is 3.26. The smallest absolute Gasteiger partial charge is 0.121 e. The van der Waals surface area contributed by atoms with Crippen LogP contribution in [0.5, 0.6) is 5.75 Å². The first-order valence-corrected chi connectivity index (χ1v) is 6.42. The molecule has 100 valence electrons. The first-order chi connectivity index (χ1) is 9.19. The van der Waals surface area contributed by atoms with Gasteiger partial charge in [0.25, 0.3) is 0 Å². The number of ether oxygens (including phenoxy) is 1. The van der Waals surface area contributed by atoms with Gasteiger partial charge in [-0.25, -0.2) is 0 Å². The van der Waals surface area contributed by atoms with Crippen molar-refractivity contribution in [1.82, 2.24) is 4.98 Å². The molecule has 3 N–H and O–H groups in total. The highest BCUT2D eigenvalue weighted by Crippen LogP contribution is 2.25. The summed E-state index contributed by atoms with van der Waals surface area (Å²) in [6.07, 6.45) is 4.52. The second-order valence-electron chi connectivity index (χ2n) is 4.45. The minimum absolute atomic E-state index is 0.209. The van der Waals surface area contributed by atoms with Crippen molar-refractivity contribution in [2.75, 3.05) is 11.1 Å². The molecule has 4 heteroatoms. The summed E-state index contributed by atoms with van der Waals surface area (Å²) in [4.78, 5) is 3.96. The number of benzene rings is 1. The van der Waals surface area contributed by atoms with Crippen molar-refractivity contribution in [3.63, 3.8) is 0 Å². The van der Waals surface area contributed by atoms with Crippen LogP contribution < -0.4 is 15.8 Å². The van der Waals surface area contributed by atoms with E-state index >= 15 is 0 Å². The van der Waals surface area contributed by atoms with Crippen LogP contribution in [0.4, 0.5) is 17.1 Å². The third kappa shape index (κ3) is 3.61. The lowest BCUT2D eigenvalue weighted by atomic mass is 10.2. The van der Waals surface area contributed by atoms with Crippen molar-refractivity contribution in [1.29, 1.82) is 0 Å². The van der Waals surface area contributed by atoms with E-state index in [9.17, 15) is 0 Å². The van der Waals surface area contributed by atoms with Crippen molar-refractivity contribution < 1.29 is 4.74 Å². The molecule has 1 aromatic carbocycles. The maximum absolute atomic E-state index is 5.85. The summed E-state index contributed by atoms with van der Waals surface area (Å²) in [5.74, 6) is 0.854. The summed E-state index contributed by atoms with van der Waals surface area (Å²) in [6, 6.07) is 9.69. The van der Waals surface area contributed by atoms with Crippen LogP contribution in [0.15, 0.2) is 42.7 Å². The molecule has 0 aliphatic heterocycles. The van der Waals surface area contributed by atoms with Gasteiger partial charge in [0.2, 0.25) is 0 Å². The summed E-state index contributed by atoms with van der Waals surface area (Å²) in [7, 11) is 0. The standard InChI is InChI=1S/C15H19N3O/c1-3-11(2)19-13-6-4-5-12(9-13)18-15-7-8-17-10-14(15)16/h4-11H,3,16H2,1-2H3,(H,17,18). The molecule has 0 saturated carbocycles. The Morgan fingerprint density at radius 1 is 1.37 bits per heavy atom. The number of nitrogens with two attached hydrogens (primary N) is 1. The van der Waals surface area contributed by atoms with E-state index in [4.69, 9.17) is 10.5 Å². The zero-order valence-corrected chi connectivity index (χ0v) is 11.3. The van der Waals surface area contributed by atoms with Gasteiger partial charge in [-0.2, -0.15) is 0 Å². The van der Waals surface area contributed by atoms with Crippen LogP contribution in [0.25, 0.3) is 0 Å². The summed E-state index contributed by atoms with van der Waals surface area (Å²) >= 11 is 0. The van der Waals surface area contributed by atoms with E-state index in [1.54, 1.807) is 12.4 Å². The Hall–Kier alpha value is -2.23. The summed E-state index contributed by atoms with van der Waals surface area (Å²) in [6.45, 7) is 4.16. The zero-order valence-electron chi connectivity index (χ0n) is 11.3. The highest BCUT2D eigenvalue weighted by atomic mass is 16.5. The fraction of sp³-hybridized carbons (Fsp3) is 0.267. The van der Waals surface area contributed by atoms with Crippen molar-refractivity contribution in [2.45, 2.75) is 26.4 Å². The second kappa shape index (κ2) is 6.09. The molecule has 1 unspecified atom stereocenters. The predicted octanol–water partition coefficient (Wildman–Crippen LogP) is 3.58. The topological polar surface area (TPSA) is 60.2 Å². The lowest BCUT2D eigenvalue weighted by Crippen LogP contribution is -2.09. The molecule has 0 bridgehead atoms. The molecule has 2 aromatic rings. The van der Waals surface area contributed by atoms with Crippen molar-refractivity contribution in [2.24, 2.45) is 0 Å². The molecule has 1 aromatic heterocycles. The van der Waals surface area contributed by atoms with Gasteiger partial charge in [0.1, 0.15) is 5.75 Å². The Kier molecular flexibility index (Phi) is 4.23. The lowest BCUT2D eigenvalue weighted by Gasteiger charge is -2.14. The van der Waals surface area contributed by atoms with Gasteiger partial charge < -0.3 is 15.8 Å². The van der Waals surface area contributed by atoms with Gasteiger partial charge in [-0.05, 0) is 31.5 Å². The molecule has 2 rings (SSSR count). The second-order valence-corrected chi connectivity index (χ2v) is 4.45. The number of pyridine rings is 1. The average molecular weight is 257 g/mol. The van der Waals surface area contributed by atoms with Crippen LogP contribution in [0.1, 0.15) is 20.3 Å². The molecule has 0 spiro atoms. The SMILES string of the molecule is CCC(C)Oc1cccc(Nc2ccncc2N)c1. The molecule has 0 amide bonds. The van der Waals surface area contributed by atoms with E-state index in [0.717, 1.165) is 23.5 Å². The molecule has 0 fully saturated rings. The molecule has 4 nitrogen and oxygen atoms in total. The van der Waals surface area contributed by atoms with Crippen LogP contribution in [0.2, 0.25) is 0 Å². The Bertz CT molecular complexity index is 542. The quantitative estimate of drug-likeness (QED) is 0.859. The largest absolute Gasteiger partial charge is 0.491 e. The Labute approximate surface area is 113 Å². The zero-order chi connectivity index (χ0) is 13.7. The number of aromatic nitrogens is 1. The normalized spacial score (nSPS) is 11.9. The van der Waals surface area contributed by atoms with Crippen molar-refractivity contribution in [3.8, 4) is 5.75 Å². The molecule has 0 aliphatic rings. The van der Waals surface area contributed by atoms with Gasteiger partial charge in [-0.3, -0.25) is 4.98 Å². The van der Waals surface area contributed by atoms with E-state index in [0.29, 0.717) is 5.69 Å². The predicted molar refractivity (Wildman–Crippen MR) is 78.8 cm³/mol. The summed E-state index contributed by atoms with van der Waals surface area (Å²) in [5.41, 5.74) is 8.26. The number of hydrogen-bond donors (Lipinski definition) is 2. The number of nitrogen functional groups attached to an aromatic ring is 1. The van der Waals surface area contributed by atoms with Gasteiger partial charge in [0.05, 0.1) is 23.7 Å². The lowest BCUT2D eigenvalue weighted by molar-refractivity contribution is 0.217. The van der Waals surface area contributed by atoms with E-state index in [1.807, 2.05) is 30.3 Å². The number of anilines is 3. The van der Waals surface area contributed by atoms with E-state index < -0.39 is 0 Å². The van der Waals surface area contributed by atoms with Crippen LogP contribution >= 0.6 is 0 Å². The maximum atomic E-state index is 5.85. The van der Waals surface area contributed by atoms with Crippen molar-refractivity contribution >= 4 is 17.1 Å². The molecular formula is C15H19N3O. The van der Waals surface area contributed by atoms with Gasteiger partial charge in [-0.1, -0.05) is 13.0 Å². The highest BCUT2D eigenvalue weighted by molar-refractivity contribution is 5.71. The van der Waals surface area contributed by atoms with Crippen LogP contribution in [-0.2, 0) is 0 Å². The molecule has 0 radical (unpaired) electrons. The Morgan fingerprint density at radius 2 is 2.21 bits per heavy atom. The van der Waals surface area contributed by atoms with Gasteiger partial charge >= 0.3 is 0 Å². The monoisotopic (exact) mass is 257 g/mol. The summed E-state index contributed by atoms with van der Waals surface area (Å²) < 4.78 is 5.79. The van der Waals surface area contributed by atoms with Crippen molar-refractivity contribution in [3.05, 3.63) is 42.7 Å². The Morgan fingerprint density at radius 3 is 2.95 bits per heavy atom. The first kappa shape index (κ1) is 13.2. The third-order valence-electron chi connectivity index (χ3n) is 2.88. The minimum atomic E-state index is 0.209. The van der Waals surface area contributed by atoms with Gasteiger partial charge in [0.15, 0.2) is 0 Å². The number of rotatable bonds is 5. The minimum Gasteiger partial charge on any atom is -0.491 e. The fourth-order valence-electron chi connectivity index (χ4n) is 1.64. The molecule has 0 saturated heterocycles. The van der Waals surface area contributed by atoms with E-state index in [1.165, 1.54) is 0 Å². The first-order valence-electron chi connectivity index (χ1n) is 6.42.